The molecule has 71 heavy (non-hydrogen) atoms. The first-order valence-electron chi connectivity index (χ1n) is 27.8. The molecule has 3 fully saturated rings. The van der Waals surface area contributed by atoms with E-state index in [1.165, 1.54) is 15.2 Å². The first-order valence-corrected chi connectivity index (χ1v) is 27.8. The van der Waals surface area contributed by atoms with Crippen LogP contribution in [0.5, 0.6) is 0 Å². The van der Waals surface area contributed by atoms with E-state index >= 15 is 0 Å². The third-order valence-corrected chi connectivity index (χ3v) is 15.8. The standard InChI is InChI=1S/C56H105N3O12/c1-16-18-27-55(15,46(60)69-34-24-31-66-43-37-49(3,4)57(63)50(5,6)38-43)28-22-20-21-23-30-56(29-19-17-2,47(61)70-35-25-32-67-44-39-51(7,8)58(64)52(9,10)40-44)48(62)71-36-26-33-68-45-41-53(11,12)59(65)54(13,14)42-45/h43-45,63-65H,16-42H2,1-15H3. The summed E-state index contributed by atoms with van der Waals surface area (Å²) in [7, 11) is 0. The van der Waals surface area contributed by atoms with Crippen molar-refractivity contribution in [3.63, 3.8) is 0 Å². The van der Waals surface area contributed by atoms with Gasteiger partial charge in [0.15, 0.2) is 5.41 Å². The fraction of sp³-hybridized carbons (Fsp3) is 0.946. The summed E-state index contributed by atoms with van der Waals surface area (Å²) in [6.07, 6.45) is 14.0. The molecule has 3 aliphatic heterocycles. The number of hydrogen-bond donors (Lipinski definition) is 3. The fourth-order valence-electron chi connectivity index (χ4n) is 12.0. The second kappa shape index (κ2) is 27.2. The summed E-state index contributed by atoms with van der Waals surface area (Å²) in [5, 5.41) is 36.4. The number of carbonyl (C=O) groups excluding carboxylic acids is 3. The minimum absolute atomic E-state index is 0.0182. The molecule has 15 heteroatoms. The average Bonchev–Trinajstić information content (AvgIpc) is 3.26. The van der Waals surface area contributed by atoms with Gasteiger partial charge in [0.05, 0.1) is 63.4 Å². The zero-order valence-corrected chi connectivity index (χ0v) is 47.7. The summed E-state index contributed by atoms with van der Waals surface area (Å²) < 4.78 is 36.6. The molecule has 0 aromatic carbocycles. The Morgan fingerprint density at radius 1 is 0.408 bits per heavy atom. The molecule has 0 aliphatic carbocycles. The van der Waals surface area contributed by atoms with Crippen molar-refractivity contribution in [2.45, 2.75) is 290 Å². The van der Waals surface area contributed by atoms with Gasteiger partial charge in [0, 0.05) is 52.5 Å². The Hall–Kier alpha value is -1.95. The van der Waals surface area contributed by atoms with E-state index < -0.39 is 56.0 Å². The normalized spacial score (nSPS) is 22.7. The molecule has 0 spiro atoms. The SMILES string of the molecule is CCCCC(C)(CCCCCCC(CCCC)(C(=O)OCCCOC1CC(C)(C)N(O)C(C)(C)C1)C(=O)OCCCOC1CC(C)(C)N(O)C(C)(C)C1)C(=O)OCCCOC1CC(C)(C)N(O)C(C)(C)C1. The van der Waals surface area contributed by atoms with Crippen LogP contribution in [0.4, 0.5) is 0 Å². The molecule has 3 saturated heterocycles. The van der Waals surface area contributed by atoms with E-state index in [9.17, 15) is 30.0 Å². The van der Waals surface area contributed by atoms with Crippen LogP contribution in [0, 0.1) is 10.8 Å². The van der Waals surface area contributed by atoms with E-state index in [2.05, 4.69) is 6.92 Å². The molecule has 1 atom stereocenters. The number of esters is 3. The molecule has 3 rings (SSSR count). The predicted molar refractivity (Wildman–Crippen MR) is 276 cm³/mol. The summed E-state index contributed by atoms with van der Waals surface area (Å²) in [6, 6.07) is 0. The van der Waals surface area contributed by atoms with Crippen molar-refractivity contribution in [3.05, 3.63) is 0 Å². The Balaban J connectivity index is 1.59. The lowest BCUT2D eigenvalue weighted by Crippen LogP contribution is -2.60. The van der Waals surface area contributed by atoms with Crippen molar-refractivity contribution < 1.29 is 58.4 Å². The second-order valence-corrected chi connectivity index (χ2v) is 25.7. The van der Waals surface area contributed by atoms with Gasteiger partial charge in [-0.05, 0) is 154 Å². The maximum Gasteiger partial charge on any atom is 0.323 e. The van der Waals surface area contributed by atoms with Crippen LogP contribution in [0.25, 0.3) is 0 Å². The largest absolute Gasteiger partial charge is 0.465 e. The molecule has 0 aromatic heterocycles. The molecule has 0 radical (unpaired) electrons. The molecule has 416 valence electrons. The summed E-state index contributed by atoms with van der Waals surface area (Å²) >= 11 is 0. The van der Waals surface area contributed by atoms with Gasteiger partial charge >= 0.3 is 17.9 Å². The highest BCUT2D eigenvalue weighted by molar-refractivity contribution is 6.00. The average molecular weight is 1010 g/mol. The lowest BCUT2D eigenvalue weighted by Gasteiger charge is -2.51. The highest BCUT2D eigenvalue weighted by Gasteiger charge is 2.50. The molecular weight excluding hydrogens is 907 g/mol. The number of hydroxylamine groups is 6. The van der Waals surface area contributed by atoms with Crippen molar-refractivity contribution in [1.29, 1.82) is 0 Å². The topological polar surface area (TPSA) is 177 Å². The Bertz CT molecular complexity index is 1520. The van der Waals surface area contributed by atoms with Gasteiger partial charge < -0.3 is 44.0 Å². The molecule has 3 heterocycles. The Kier molecular flexibility index (Phi) is 24.3. The van der Waals surface area contributed by atoms with Crippen LogP contribution in [-0.2, 0) is 42.8 Å². The first-order chi connectivity index (χ1) is 32.9. The minimum atomic E-state index is -1.45. The van der Waals surface area contributed by atoms with Crippen molar-refractivity contribution in [1.82, 2.24) is 15.2 Å². The van der Waals surface area contributed by atoms with Gasteiger partial charge in [-0.25, -0.2) is 0 Å². The highest BCUT2D eigenvalue weighted by Crippen LogP contribution is 2.41. The second-order valence-electron chi connectivity index (χ2n) is 25.7. The van der Waals surface area contributed by atoms with Gasteiger partial charge in [0.2, 0.25) is 0 Å². The molecule has 15 nitrogen and oxygen atoms in total. The number of hydrogen-bond acceptors (Lipinski definition) is 15. The van der Waals surface area contributed by atoms with Crippen LogP contribution in [-0.4, -0.2) is 140 Å². The van der Waals surface area contributed by atoms with Crippen LogP contribution in [0.1, 0.15) is 239 Å². The van der Waals surface area contributed by atoms with E-state index in [0.29, 0.717) is 103 Å². The number of carbonyl (C=O) groups is 3. The molecule has 0 aromatic rings. The zero-order valence-electron chi connectivity index (χ0n) is 47.7. The van der Waals surface area contributed by atoms with Crippen LogP contribution in [0.2, 0.25) is 0 Å². The monoisotopic (exact) mass is 1010 g/mol. The van der Waals surface area contributed by atoms with Crippen molar-refractivity contribution in [2.75, 3.05) is 39.6 Å². The van der Waals surface area contributed by atoms with Crippen LogP contribution >= 0.6 is 0 Å². The Morgan fingerprint density at radius 3 is 1.00 bits per heavy atom. The minimum Gasteiger partial charge on any atom is -0.465 e. The number of unbranched alkanes of at least 4 members (excludes halogenated alkanes) is 5. The van der Waals surface area contributed by atoms with Gasteiger partial charge in [-0.1, -0.05) is 65.2 Å². The fourth-order valence-corrected chi connectivity index (χ4v) is 12.0. The third kappa shape index (κ3) is 18.4. The first kappa shape index (κ1) is 63.3. The van der Waals surface area contributed by atoms with Crippen LogP contribution in [0.15, 0.2) is 0 Å². The van der Waals surface area contributed by atoms with E-state index in [4.69, 9.17) is 28.4 Å². The van der Waals surface area contributed by atoms with Crippen molar-refractivity contribution in [2.24, 2.45) is 10.8 Å². The van der Waals surface area contributed by atoms with Crippen molar-refractivity contribution >= 4 is 17.9 Å². The van der Waals surface area contributed by atoms with E-state index in [-0.39, 0.29) is 37.5 Å². The third-order valence-electron chi connectivity index (χ3n) is 15.8. The van der Waals surface area contributed by atoms with Gasteiger partial charge in [-0.3, -0.25) is 14.4 Å². The predicted octanol–water partition coefficient (Wildman–Crippen LogP) is 11.8. The van der Waals surface area contributed by atoms with Crippen LogP contribution in [0.3, 0.4) is 0 Å². The maximum atomic E-state index is 14.3. The number of piperidine rings is 3. The Morgan fingerprint density at radius 2 is 0.676 bits per heavy atom. The number of rotatable bonds is 31. The Labute approximate surface area is 430 Å². The molecule has 0 amide bonds. The molecule has 1 unspecified atom stereocenters. The molecule has 3 N–H and O–H groups in total. The molecule has 0 saturated carbocycles. The molecule has 3 aliphatic rings. The van der Waals surface area contributed by atoms with E-state index in [0.717, 1.165) is 57.8 Å². The van der Waals surface area contributed by atoms with E-state index in [1.807, 2.05) is 96.9 Å². The lowest BCUT2D eigenvalue weighted by molar-refractivity contribution is -0.261. The zero-order chi connectivity index (χ0) is 53.5. The van der Waals surface area contributed by atoms with Gasteiger partial charge in [-0.15, -0.1) is 0 Å². The summed E-state index contributed by atoms with van der Waals surface area (Å²) in [5.74, 6) is -1.27. The maximum absolute atomic E-state index is 14.3. The van der Waals surface area contributed by atoms with E-state index in [1.54, 1.807) is 0 Å². The smallest absolute Gasteiger partial charge is 0.323 e. The van der Waals surface area contributed by atoms with Crippen LogP contribution < -0.4 is 0 Å². The number of nitrogens with zero attached hydrogens (tertiary/aromatic N) is 3. The highest BCUT2D eigenvalue weighted by atomic mass is 16.6. The summed E-state index contributed by atoms with van der Waals surface area (Å²) in [6.45, 7) is 32.1. The summed E-state index contributed by atoms with van der Waals surface area (Å²) in [5.41, 5.74) is -4.62. The van der Waals surface area contributed by atoms with Gasteiger partial charge in [0.25, 0.3) is 0 Å². The molecular formula is C56H105N3O12. The van der Waals surface area contributed by atoms with Gasteiger partial charge in [-0.2, -0.15) is 15.2 Å². The van der Waals surface area contributed by atoms with Gasteiger partial charge in [0.1, 0.15) is 0 Å². The molecule has 0 bridgehead atoms. The number of ether oxygens (including phenoxy) is 6. The lowest BCUT2D eigenvalue weighted by atomic mass is 9.77. The van der Waals surface area contributed by atoms with Crippen molar-refractivity contribution in [3.8, 4) is 0 Å². The summed E-state index contributed by atoms with van der Waals surface area (Å²) in [4.78, 5) is 42.3. The quantitative estimate of drug-likeness (QED) is 0.0258.